The van der Waals surface area contributed by atoms with Crippen LogP contribution in [0, 0.1) is 11.3 Å². The molecule has 3 aromatic carbocycles. The molecule has 0 aliphatic heterocycles. The van der Waals surface area contributed by atoms with Gasteiger partial charge >= 0.3 is 10.1 Å². The van der Waals surface area contributed by atoms with E-state index in [0.717, 1.165) is 5.56 Å². The Morgan fingerprint density at radius 1 is 1.09 bits per heavy atom. The highest BCUT2D eigenvalue weighted by atomic mass is 35.5. The Labute approximate surface area is 213 Å². The summed E-state index contributed by atoms with van der Waals surface area (Å²) in [5.74, 6) is -0.755. The summed E-state index contributed by atoms with van der Waals surface area (Å²) in [6.45, 7) is 2.13. The van der Waals surface area contributed by atoms with Crippen LogP contribution >= 0.6 is 23.2 Å². The minimum atomic E-state index is -4.24. The van der Waals surface area contributed by atoms with Crippen molar-refractivity contribution in [1.29, 1.82) is 5.26 Å². The molecule has 35 heavy (non-hydrogen) atoms. The molecule has 0 atom stereocenters. The van der Waals surface area contributed by atoms with Gasteiger partial charge in [0.1, 0.15) is 16.5 Å². The first-order valence-electron chi connectivity index (χ1n) is 10.3. The number of amides is 1. The van der Waals surface area contributed by atoms with Gasteiger partial charge in [0.25, 0.3) is 5.91 Å². The van der Waals surface area contributed by atoms with Crippen molar-refractivity contribution in [2.24, 2.45) is 0 Å². The minimum absolute atomic E-state index is 0.0331. The number of halogens is 2. The van der Waals surface area contributed by atoms with E-state index >= 15 is 0 Å². The van der Waals surface area contributed by atoms with Crippen LogP contribution < -0.4 is 14.2 Å². The lowest BCUT2D eigenvalue weighted by Crippen LogP contribution is -2.23. The highest BCUT2D eigenvalue weighted by molar-refractivity contribution is 7.87. The Bertz CT molecular complexity index is 1380. The van der Waals surface area contributed by atoms with Gasteiger partial charge in [0.15, 0.2) is 5.75 Å². The average molecular weight is 531 g/mol. The van der Waals surface area contributed by atoms with E-state index in [1.54, 1.807) is 6.92 Å². The van der Waals surface area contributed by atoms with E-state index in [0.29, 0.717) is 10.6 Å². The Morgan fingerprint density at radius 2 is 1.77 bits per heavy atom. The highest BCUT2D eigenvalue weighted by Gasteiger charge is 2.22. The molecule has 3 rings (SSSR count). The van der Waals surface area contributed by atoms with E-state index in [2.05, 4.69) is 5.32 Å². The van der Waals surface area contributed by atoms with Crippen LogP contribution in [-0.2, 0) is 21.5 Å². The summed E-state index contributed by atoms with van der Waals surface area (Å²) in [5.41, 5.74) is 1.06. The third kappa shape index (κ3) is 6.99. The minimum Gasteiger partial charge on any atom is -0.490 e. The lowest BCUT2D eigenvalue weighted by atomic mass is 10.1. The van der Waals surface area contributed by atoms with Crippen LogP contribution in [0.1, 0.15) is 18.1 Å². The summed E-state index contributed by atoms with van der Waals surface area (Å²) in [5, 5.41) is 12.5. The summed E-state index contributed by atoms with van der Waals surface area (Å²) in [7, 11) is -4.24. The molecule has 10 heteroatoms. The van der Waals surface area contributed by atoms with Crippen molar-refractivity contribution in [1.82, 2.24) is 5.32 Å². The Kier molecular flexibility index (Phi) is 8.77. The number of nitriles is 1. The Hall–Kier alpha value is -3.51. The first-order valence-corrected chi connectivity index (χ1v) is 12.5. The molecular weight excluding hydrogens is 511 g/mol. The van der Waals surface area contributed by atoms with Gasteiger partial charge in [-0.25, -0.2) is 0 Å². The molecule has 0 spiro atoms. The molecular formula is C25H20Cl2N2O5S. The van der Waals surface area contributed by atoms with Gasteiger partial charge in [-0.3, -0.25) is 4.79 Å². The number of nitrogens with zero attached hydrogens (tertiary/aromatic N) is 1. The molecule has 0 aliphatic rings. The molecule has 0 aromatic heterocycles. The van der Waals surface area contributed by atoms with Gasteiger partial charge < -0.3 is 14.2 Å². The second-order valence-corrected chi connectivity index (χ2v) is 9.48. The Morgan fingerprint density at radius 3 is 2.40 bits per heavy atom. The van der Waals surface area contributed by atoms with Crippen LogP contribution in [0.3, 0.4) is 0 Å². The van der Waals surface area contributed by atoms with Crippen molar-refractivity contribution >= 4 is 45.3 Å². The average Bonchev–Trinajstić information content (AvgIpc) is 2.84. The molecule has 0 heterocycles. The first kappa shape index (κ1) is 26.1. The number of hydrogen-bond donors (Lipinski definition) is 1. The van der Waals surface area contributed by atoms with E-state index in [1.807, 2.05) is 36.4 Å². The molecule has 0 saturated carbocycles. The van der Waals surface area contributed by atoms with Crippen molar-refractivity contribution < 1.29 is 22.1 Å². The lowest BCUT2D eigenvalue weighted by molar-refractivity contribution is -0.117. The summed E-state index contributed by atoms with van der Waals surface area (Å²) in [6.07, 6.45) is 1.33. The zero-order chi connectivity index (χ0) is 25.4. The van der Waals surface area contributed by atoms with Crippen molar-refractivity contribution in [2.75, 3.05) is 6.61 Å². The predicted octanol–water partition coefficient (Wildman–Crippen LogP) is 5.38. The molecule has 0 fully saturated rings. The molecule has 0 aliphatic carbocycles. The van der Waals surface area contributed by atoms with Gasteiger partial charge in [0.05, 0.1) is 11.6 Å². The second kappa shape index (κ2) is 11.8. The fourth-order valence-corrected chi connectivity index (χ4v) is 4.35. The van der Waals surface area contributed by atoms with Gasteiger partial charge in [-0.1, -0.05) is 53.5 Å². The van der Waals surface area contributed by atoms with Crippen LogP contribution in [0.5, 0.6) is 11.5 Å². The third-order valence-electron chi connectivity index (χ3n) is 4.60. The van der Waals surface area contributed by atoms with E-state index in [-0.39, 0.29) is 40.1 Å². The predicted molar refractivity (Wildman–Crippen MR) is 134 cm³/mol. The molecule has 0 radical (unpaired) electrons. The van der Waals surface area contributed by atoms with Crippen molar-refractivity contribution in [3.05, 3.63) is 93.5 Å². The molecule has 1 amide bonds. The topological polar surface area (TPSA) is 105 Å². The van der Waals surface area contributed by atoms with Gasteiger partial charge in [-0.05, 0) is 60.5 Å². The normalized spacial score (nSPS) is 11.4. The third-order valence-corrected chi connectivity index (χ3v) is 6.37. The molecule has 180 valence electrons. The summed E-state index contributed by atoms with van der Waals surface area (Å²) in [4.78, 5) is 12.4. The number of ether oxygens (including phenoxy) is 1. The maximum atomic E-state index is 12.7. The van der Waals surface area contributed by atoms with Gasteiger partial charge in [-0.2, -0.15) is 13.7 Å². The first-order chi connectivity index (χ1) is 16.7. The lowest BCUT2D eigenvalue weighted by Gasteiger charge is -2.14. The number of carbonyl (C=O) groups excluding carboxylic acids is 1. The van der Waals surface area contributed by atoms with Crippen molar-refractivity contribution in [2.45, 2.75) is 18.4 Å². The molecule has 0 unspecified atom stereocenters. The van der Waals surface area contributed by atoms with Crippen molar-refractivity contribution in [3.8, 4) is 17.6 Å². The van der Waals surface area contributed by atoms with E-state index < -0.39 is 16.0 Å². The number of rotatable bonds is 9. The maximum Gasteiger partial charge on any atom is 0.339 e. The monoisotopic (exact) mass is 530 g/mol. The molecule has 7 nitrogen and oxygen atoms in total. The summed E-state index contributed by atoms with van der Waals surface area (Å²) >= 11 is 12.2. The number of nitrogens with one attached hydrogen (secondary N) is 1. The molecule has 0 saturated heterocycles. The molecule has 3 aromatic rings. The number of benzene rings is 3. The quantitative estimate of drug-likeness (QED) is 0.226. The van der Waals surface area contributed by atoms with E-state index in [1.165, 1.54) is 42.5 Å². The van der Waals surface area contributed by atoms with Gasteiger partial charge in [0.2, 0.25) is 5.75 Å². The van der Waals surface area contributed by atoms with Crippen molar-refractivity contribution in [3.63, 3.8) is 0 Å². The second-order valence-electron chi connectivity index (χ2n) is 7.09. The van der Waals surface area contributed by atoms with E-state index in [9.17, 15) is 18.5 Å². The number of hydrogen-bond acceptors (Lipinski definition) is 6. The fourth-order valence-electron chi connectivity index (χ4n) is 2.96. The molecule has 0 bridgehead atoms. The van der Waals surface area contributed by atoms with Gasteiger partial charge in [-0.15, -0.1) is 0 Å². The van der Waals surface area contributed by atoms with Crippen LogP contribution in [0.15, 0.2) is 77.2 Å². The van der Waals surface area contributed by atoms with Crippen LogP contribution in [0.2, 0.25) is 10.0 Å². The molecule has 1 N–H and O–H groups in total. The standard InChI is InChI=1S/C25H20Cl2N2O5S/c1-2-33-23-14-18(12-19(15-28)25(30)29-16-17-6-4-3-5-7-17)13-22(27)24(23)34-35(31,32)21-10-8-20(26)9-11-21/h3-14H,2,16H2,1H3,(H,29,30)/b19-12+. The SMILES string of the molecule is CCOc1cc(/C=C(\C#N)C(=O)NCc2ccccc2)cc(Cl)c1OS(=O)(=O)c1ccc(Cl)cc1. The largest absolute Gasteiger partial charge is 0.490 e. The van der Waals surface area contributed by atoms with E-state index in [4.69, 9.17) is 32.1 Å². The smallest absolute Gasteiger partial charge is 0.339 e. The zero-order valence-electron chi connectivity index (χ0n) is 18.5. The zero-order valence-corrected chi connectivity index (χ0v) is 20.8. The van der Waals surface area contributed by atoms with Gasteiger partial charge in [0, 0.05) is 11.6 Å². The van der Waals surface area contributed by atoms with Crippen LogP contribution in [0.25, 0.3) is 6.08 Å². The van der Waals surface area contributed by atoms with Crippen LogP contribution in [-0.4, -0.2) is 20.9 Å². The summed E-state index contributed by atoms with van der Waals surface area (Å²) < 4.78 is 36.2. The maximum absolute atomic E-state index is 12.7. The highest BCUT2D eigenvalue weighted by Crippen LogP contribution is 2.39. The van der Waals surface area contributed by atoms with Crippen LogP contribution in [0.4, 0.5) is 0 Å². The summed E-state index contributed by atoms with van der Waals surface area (Å²) in [6, 6.07) is 19.4. The fraction of sp³-hybridized carbons (Fsp3) is 0.120. The number of carbonyl (C=O) groups is 1. The Balaban J connectivity index is 1.88.